The first-order valence-corrected chi connectivity index (χ1v) is 32.0. The molecule has 0 amide bonds. The molecular formula is C86H64N4O2. The number of hydrogen-bond donors (Lipinski definition) is 0. The molecule has 0 unspecified atom stereocenters. The van der Waals surface area contributed by atoms with E-state index in [2.05, 4.69) is 340 Å². The number of anilines is 6. The highest BCUT2D eigenvalue weighted by Crippen LogP contribution is 2.57. The lowest BCUT2D eigenvalue weighted by Gasteiger charge is -2.34. The van der Waals surface area contributed by atoms with Crippen molar-refractivity contribution in [2.24, 2.45) is 0 Å². The third kappa shape index (κ3) is 8.40. The zero-order valence-corrected chi connectivity index (χ0v) is 52.2. The molecule has 92 heavy (non-hydrogen) atoms. The van der Waals surface area contributed by atoms with Gasteiger partial charge in [-0.05, 0) is 186 Å². The highest BCUT2D eigenvalue weighted by atomic mass is 16.5. The van der Waals surface area contributed by atoms with E-state index in [1.165, 1.54) is 54.2 Å². The summed E-state index contributed by atoms with van der Waals surface area (Å²) in [6.07, 6.45) is 0. The molecule has 0 N–H and O–H groups in total. The fourth-order valence-corrected chi connectivity index (χ4v) is 14.7. The zero-order chi connectivity index (χ0) is 61.7. The van der Waals surface area contributed by atoms with Crippen LogP contribution in [0, 0.1) is 0 Å². The zero-order valence-electron chi connectivity index (χ0n) is 52.2. The van der Waals surface area contributed by atoms with E-state index < -0.39 is 0 Å². The smallest absolute Gasteiger partial charge is 0.152 e. The first-order chi connectivity index (χ1) is 44.9. The largest absolute Gasteiger partial charge is 0.453 e. The molecule has 2 aromatic heterocycles. The third-order valence-electron chi connectivity index (χ3n) is 19.3. The normalized spacial score (nSPS) is 13.0. The minimum Gasteiger partial charge on any atom is -0.453 e. The van der Waals surface area contributed by atoms with Crippen molar-refractivity contribution in [2.75, 3.05) is 9.80 Å². The second-order valence-corrected chi connectivity index (χ2v) is 27.0. The number of fused-ring (bicyclic) bond motifs is 16. The summed E-state index contributed by atoms with van der Waals surface area (Å²) in [5.74, 6) is 3.21. The van der Waals surface area contributed by atoms with Crippen molar-refractivity contribution in [3.63, 3.8) is 0 Å². The summed E-state index contributed by atoms with van der Waals surface area (Å²) >= 11 is 0. The number of rotatable bonds is 6. The lowest BCUT2D eigenvalue weighted by atomic mass is 9.86. The third-order valence-corrected chi connectivity index (χ3v) is 19.3. The molecule has 0 aliphatic carbocycles. The number of nitrogens with zero attached hydrogens (tertiary/aromatic N) is 4. The maximum Gasteiger partial charge on any atom is 0.152 e. The van der Waals surface area contributed by atoms with E-state index >= 15 is 0 Å². The Bertz CT molecular complexity index is 5330. The Hall–Kier alpha value is -11.3. The average molecular weight is 1190 g/mol. The number of para-hydroxylation sites is 4. The Morgan fingerprint density at radius 2 is 0.576 bits per heavy atom. The van der Waals surface area contributed by atoms with Crippen LogP contribution in [0.2, 0.25) is 0 Å². The molecule has 14 aromatic carbocycles. The van der Waals surface area contributed by atoms with Crippen LogP contribution in [0.5, 0.6) is 23.0 Å². The molecule has 16 aromatic rings. The van der Waals surface area contributed by atoms with E-state index in [1.807, 2.05) is 0 Å². The van der Waals surface area contributed by atoms with Gasteiger partial charge in [-0.25, -0.2) is 0 Å². The summed E-state index contributed by atoms with van der Waals surface area (Å²) in [5.41, 5.74) is 19.9. The molecule has 6 nitrogen and oxygen atoms in total. The fourth-order valence-electron chi connectivity index (χ4n) is 14.7. The van der Waals surface area contributed by atoms with Crippen LogP contribution in [-0.2, 0) is 10.8 Å². The molecule has 0 spiro atoms. The number of ether oxygens (including phenoxy) is 2. The Balaban J connectivity index is 0.823. The average Bonchev–Trinajstić information content (AvgIpc) is 1.39. The molecule has 2 aliphatic rings. The molecule has 0 fully saturated rings. The van der Waals surface area contributed by atoms with Gasteiger partial charge in [0.2, 0.25) is 0 Å². The second kappa shape index (κ2) is 20.1. The van der Waals surface area contributed by atoms with Crippen LogP contribution in [0.3, 0.4) is 0 Å². The Kier molecular flexibility index (Phi) is 11.7. The van der Waals surface area contributed by atoms with Crippen LogP contribution >= 0.6 is 0 Å². The van der Waals surface area contributed by atoms with Gasteiger partial charge in [-0.3, -0.25) is 0 Å². The molecule has 2 aliphatic heterocycles. The van der Waals surface area contributed by atoms with Gasteiger partial charge in [0.1, 0.15) is 0 Å². The van der Waals surface area contributed by atoms with Crippen molar-refractivity contribution in [1.82, 2.24) is 9.13 Å². The monoisotopic (exact) mass is 1180 g/mol. The van der Waals surface area contributed by atoms with Gasteiger partial charge in [-0.2, -0.15) is 0 Å². The van der Waals surface area contributed by atoms with E-state index in [4.69, 9.17) is 9.47 Å². The Morgan fingerprint density at radius 1 is 0.228 bits per heavy atom. The lowest BCUT2D eigenvalue weighted by Crippen LogP contribution is -2.16. The van der Waals surface area contributed by atoms with Gasteiger partial charge in [0.25, 0.3) is 0 Å². The summed E-state index contributed by atoms with van der Waals surface area (Å²) in [6.45, 7) is 13.6. The van der Waals surface area contributed by atoms with Crippen molar-refractivity contribution < 1.29 is 9.47 Å². The summed E-state index contributed by atoms with van der Waals surface area (Å²) in [4.78, 5) is 4.84. The Labute approximate surface area is 534 Å². The maximum absolute atomic E-state index is 7.20. The van der Waals surface area contributed by atoms with Gasteiger partial charge >= 0.3 is 0 Å². The van der Waals surface area contributed by atoms with Crippen LogP contribution in [0.1, 0.15) is 52.7 Å². The predicted molar refractivity (Wildman–Crippen MR) is 385 cm³/mol. The van der Waals surface area contributed by atoms with Crippen LogP contribution in [0.15, 0.2) is 279 Å². The van der Waals surface area contributed by atoms with Crippen molar-refractivity contribution in [1.29, 1.82) is 0 Å². The molecule has 440 valence electrons. The maximum atomic E-state index is 7.20. The summed E-state index contributed by atoms with van der Waals surface area (Å²) in [6, 6.07) is 102. The van der Waals surface area contributed by atoms with Crippen LogP contribution in [-0.4, -0.2) is 9.13 Å². The SMILES string of the molecule is CC(C)(C)c1ccc(-c2ccc3c(c2)Oc2cc4c5ccccc5n(-c5ccccc5)c4cc2N3c2ccc3c4ccc(N5c6ccc(-c7ccc(C(C)(C)C)cc7)cc6Oc6cc7c8ccccc8n(-c8ccccc8)c7cc65)cc4c4ccccc4c3c2)cc1. The second-order valence-electron chi connectivity index (χ2n) is 27.0. The summed E-state index contributed by atoms with van der Waals surface area (Å²) in [7, 11) is 0. The van der Waals surface area contributed by atoms with Gasteiger partial charge < -0.3 is 28.4 Å². The fraction of sp³-hybridized carbons (Fsp3) is 0.0930. The van der Waals surface area contributed by atoms with E-state index in [9.17, 15) is 0 Å². The molecule has 0 atom stereocenters. The topological polar surface area (TPSA) is 34.8 Å². The van der Waals surface area contributed by atoms with Gasteiger partial charge in [0.15, 0.2) is 23.0 Å². The van der Waals surface area contributed by atoms with Crippen LogP contribution < -0.4 is 19.3 Å². The first-order valence-electron chi connectivity index (χ1n) is 32.0. The predicted octanol–water partition coefficient (Wildman–Crippen LogP) is 24.4. The minimum atomic E-state index is 0.0488. The number of benzene rings is 14. The molecule has 4 heterocycles. The van der Waals surface area contributed by atoms with E-state index in [-0.39, 0.29) is 10.8 Å². The quantitative estimate of drug-likeness (QED) is 0.155. The minimum absolute atomic E-state index is 0.0488. The van der Waals surface area contributed by atoms with Gasteiger partial charge in [0.05, 0.1) is 44.8 Å². The highest BCUT2D eigenvalue weighted by Gasteiger charge is 2.32. The van der Waals surface area contributed by atoms with Gasteiger partial charge in [-0.15, -0.1) is 0 Å². The van der Waals surface area contributed by atoms with Crippen LogP contribution in [0.25, 0.3) is 110 Å². The molecule has 0 saturated heterocycles. The lowest BCUT2D eigenvalue weighted by molar-refractivity contribution is 0.477. The summed E-state index contributed by atoms with van der Waals surface area (Å²) in [5, 5.41) is 11.7. The van der Waals surface area contributed by atoms with Gasteiger partial charge in [-0.1, -0.05) is 211 Å². The van der Waals surface area contributed by atoms with Crippen LogP contribution in [0.4, 0.5) is 34.1 Å². The Morgan fingerprint density at radius 3 is 0.978 bits per heavy atom. The van der Waals surface area contributed by atoms with E-state index in [0.29, 0.717) is 0 Å². The first kappa shape index (κ1) is 53.7. The number of hydrogen-bond acceptors (Lipinski definition) is 4. The molecule has 6 heteroatoms. The van der Waals surface area contributed by atoms with E-state index in [1.54, 1.807) is 0 Å². The molecule has 18 rings (SSSR count). The van der Waals surface area contributed by atoms with Crippen molar-refractivity contribution in [2.45, 2.75) is 52.4 Å². The van der Waals surface area contributed by atoms with Gasteiger partial charge in [0, 0.05) is 44.3 Å². The van der Waals surface area contributed by atoms with Crippen molar-refractivity contribution in [3.8, 4) is 56.6 Å². The number of aromatic nitrogens is 2. The molecule has 0 saturated carbocycles. The molecule has 0 radical (unpaired) electrons. The molecule has 0 bridgehead atoms. The van der Waals surface area contributed by atoms with Crippen molar-refractivity contribution >= 4 is 110 Å². The highest BCUT2D eigenvalue weighted by molar-refractivity contribution is 6.27. The molecular weight excluding hydrogens is 1120 g/mol. The van der Waals surface area contributed by atoms with E-state index in [0.717, 1.165) is 124 Å². The van der Waals surface area contributed by atoms with Crippen molar-refractivity contribution in [3.05, 3.63) is 290 Å². The standard InChI is InChI=1S/C86H64N4O2/c1-85(2,3)57-35-29-53(30-36-57)55-33-43-75-81(45-55)91-83-49-71-67-25-15-17-27-73(67)87(59-19-9-7-10-20-59)77(71)51-79(83)89(75)61-39-41-65-66-42-40-62(48-70(66)64-24-14-13-23-63(64)69(65)47-61)90-76-44-34-56(54-31-37-58(38-32-54)86(4,5)6)46-82(76)92-84-50-72-68-26-16-18-28-74(68)88(78(72)52-80(84)90)60-21-11-8-12-22-60/h7-52H,1-6H3. The summed E-state index contributed by atoms with van der Waals surface area (Å²) < 4.78 is 19.2.